The number of benzene rings is 2. The first kappa shape index (κ1) is 24.2. The number of halogens is 1. The first-order valence-electron chi connectivity index (χ1n) is 12.3. The number of nitrogens with one attached hydrogen (secondary N) is 1. The van der Waals surface area contributed by atoms with Crippen molar-refractivity contribution in [2.45, 2.75) is 12.1 Å². The average molecular weight is 516 g/mol. The summed E-state index contributed by atoms with van der Waals surface area (Å²) in [5.74, 6) is 0.360. The van der Waals surface area contributed by atoms with E-state index in [0.717, 1.165) is 29.9 Å². The summed E-state index contributed by atoms with van der Waals surface area (Å²) in [7, 11) is 1.56. The minimum Gasteiger partial charge on any atom is -0.488 e. The number of methoxy groups -OCH3 is 1. The molecular formula is C28H26FN5O4. The summed E-state index contributed by atoms with van der Waals surface area (Å²) >= 11 is 0. The number of fused-ring (bicyclic) bond motifs is 1. The molecule has 2 N–H and O–H groups in total. The lowest BCUT2D eigenvalue weighted by Gasteiger charge is -2.42. The van der Waals surface area contributed by atoms with Crippen molar-refractivity contribution in [3.8, 4) is 28.5 Å². The number of aliphatic hydroxyl groups is 1. The van der Waals surface area contributed by atoms with Crippen molar-refractivity contribution in [2.75, 3.05) is 33.4 Å². The molecule has 0 saturated carbocycles. The first-order valence-corrected chi connectivity index (χ1v) is 12.3. The Hall–Kier alpha value is -4.12. The van der Waals surface area contributed by atoms with Crippen LogP contribution in [0, 0.1) is 5.82 Å². The molecule has 1 atom stereocenters. The number of pyridine rings is 1. The molecule has 4 heterocycles. The average Bonchev–Trinajstić information content (AvgIpc) is 3.56. The largest absolute Gasteiger partial charge is 0.488 e. The number of hydrogen-bond donors (Lipinski definition) is 2. The van der Waals surface area contributed by atoms with Gasteiger partial charge in [0.1, 0.15) is 24.2 Å². The Kier molecular flexibility index (Phi) is 6.59. The topological polar surface area (TPSA) is 110 Å². The fourth-order valence-electron chi connectivity index (χ4n) is 4.63. The molecule has 1 fully saturated rings. The van der Waals surface area contributed by atoms with E-state index in [0.29, 0.717) is 40.6 Å². The fourth-order valence-corrected chi connectivity index (χ4v) is 4.63. The van der Waals surface area contributed by atoms with Crippen LogP contribution in [0.3, 0.4) is 0 Å². The number of ether oxygens (including phenoxy) is 2. The minimum atomic E-state index is -0.689. The summed E-state index contributed by atoms with van der Waals surface area (Å²) in [6, 6.07) is 18.1. The number of aromatic nitrogens is 4. The van der Waals surface area contributed by atoms with Gasteiger partial charge in [0.2, 0.25) is 0 Å². The van der Waals surface area contributed by atoms with E-state index in [1.54, 1.807) is 25.4 Å². The second-order valence-corrected chi connectivity index (χ2v) is 9.22. The van der Waals surface area contributed by atoms with Crippen molar-refractivity contribution >= 4 is 10.9 Å². The van der Waals surface area contributed by atoms with E-state index in [9.17, 15) is 9.50 Å². The Labute approximate surface area is 217 Å². The molecule has 0 spiro atoms. The van der Waals surface area contributed by atoms with Crippen molar-refractivity contribution in [2.24, 2.45) is 0 Å². The van der Waals surface area contributed by atoms with Crippen molar-refractivity contribution in [1.82, 2.24) is 25.2 Å². The third kappa shape index (κ3) is 4.65. The van der Waals surface area contributed by atoms with Gasteiger partial charge in [-0.2, -0.15) is 5.10 Å². The summed E-state index contributed by atoms with van der Waals surface area (Å²) in [4.78, 5) is 6.42. The summed E-state index contributed by atoms with van der Waals surface area (Å²) in [5, 5.41) is 22.7. The monoisotopic (exact) mass is 515 g/mol. The normalized spacial score (nSPS) is 15.0. The van der Waals surface area contributed by atoms with E-state index in [2.05, 4.69) is 20.3 Å². The van der Waals surface area contributed by atoms with E-state index >= 15 is 0 Å². The van der Waals surface area contributed by atoms with Crippen LogP contribution < -0.4 is 4.74 Å². The summed E-state index contributed by atoms with van der Waals surface area (Å²) in [6.07, 6.45) is 1.11. The first-order chi connectivity index (χ1) is 18.6. The van der Waals surface area contributed by atoms with Gasteiger partial charge in [-0.15, -0.1) is 0 Å². The highest BCUT2D eigenvalue weighted by Crippen LogP contribution is 2.35. The molecule has 38 heavy (non-hydrogen) atoms. The molecule has 1 saturated heterocycles. The van der Waals surface area contributed by atoms with Crippen molar-refractivity contribution in [3.63, 3.8) is 0 Å². The molecule has 194 valence electrons. The minimum absolute atomic E-state index is 0.121. The Balaban J connectivity index is 1.15. The van der Waals surface area contributed by atoms with Gasteiger partial charge in [-0.3, -0.25) is 15.0 Å². The number of likely N-dealkylation sites (tertiary alicyclic amines) is 1. The van der Waals surface area contributed by atoms with Gasteiger partial charge < -0.3 is 19.1 Å². The van der Waals surface area contributed by atoms with Gasteiger partial charge in [0.25, 0.3) is 0 Å². The number of aliphatic hydroxyl groups excluding tert-OH is 1. The SMILES string of the molecule is COCCOc1cc2[nH]nc(-c3cc(-c4ccc(C(O)N5CC(c6ccccn6)C5)cc4)no3)c2cc1F. The standard InChI is InChI=1S/C28H26FN5O4/c1-36-10-11-37-25-14-24-20(12-21(25)29)27(32-31-24)26-13-23(33-38-26)17-5-7-18(8-6-17)28(35)34-15-19(16-34)22-4-2-3-9-30-22/h2-9,12-14,19,28,35H,10-11,15-16H2,1H3,(H,31,32). The summed E-state index contributed by atoms with van der Waals surface area (Å²) in [6.45, 7) is 2.11. The van der Waals surface area contributed by atoms with Gasteiger partial charge in [0.15, 0.2) is 17.3 Å². The third-order valence-corrected chi connectivity index (χ3v) is 6.77. The molecule has 0 bridgehead atoms. The maximum absolute atomic E-state index is 14.6. The molecule has 0 radical (unpaired) electrons. The Morgan fingerprint density at radius 2 is 1.97 bits per heavy atom. The lowest BCUT2D eigenvalue weighted by atomic mass is 9.94. The number of hydrogen-bond acceptors (Lipinski definition) is 8. The van der Waals surface area contributed by atoms with Crippen LogP contribution in [0.15, 0.2) is 71.4 Å². The lowest BCUT2D eigenvalue weighted by Crippen LogP contribution is -2.47. The second-order valence-electron chi connectivity index (χ2n) is 9.22. The molecule has 0 amide bonds. The second kappa shape index (κ2) is 10.3. The van der Waals surface area contributed by atoms with Crippen LogP contribution in [-0.4, -0.2) is 63.8 Å². The van der Waals surface area contributed by atoms with Crippen LogP contribution in [0.5, 0.6) is 5.75 Å². The molecule has 2 aromatic carbocycles. The van der Waals surface area contributed by atoms with Crippen molar-refractivity contribution in [3.05, 3.63) is 83.9 Å². The molecule has 6 rings (SSSR count). The number of rotatable bonds is 9. The van der Waals surface area contributed by atoms with Crippen LogP contribution in [0.25, 0.3) is 33.6 Å². The molecule has 0 aliphatic carbocycles. The fraction of sp³-hybridized carbons (Fsp3) is 0.250. The van der Waals surface area contributed by atoms with Gasteiger partial charge in [0.05, 0.1) is 12.1 Å². The molecule has 9 nitrogen and oxygen atoms in total. The maximum atomic E-state index is 14.6. The highest BCUT2D eigenvalue weighted by Gasteiger charge is 2.33. The highest BCUT2D eigenvalue weighted by molar-refractivity contribution is 5.92. The maximum Gasteiger partial charge on any atom is 0.188 e. The molecule has 1 unspecified atom stereocenters. The highest BCUT2D eigenvalue weighted by atomic mass is 19.1. The summed E-state index contributed by atoms with van der Waals surface area (Å²) < 4.78 is 30.5. The number of aromatic amines is 1. The van der Waals surface area contributed by atoms with Gasteiger partial charge in [-0.25, -0.2) is 4.39 Å². The zero-order valence-electron chi connectivity index (χ0n) is 20.7. The zero-order chi connectivity index (χ0) is 26.1. The lowest BCUT2D eigenvalue weighted by molar-refractivity contribution is -0.0491. The van der Waals surface area contributed by atoms with E-state index in [1.165, 1.54) is 6.07 Å². The van der Waals surface area contributed by atoms with Gasteiger partial charge in [0, 0.05) is 61.1 Å². The van der Waals surface area contributed by atoms with Crippen molar-refractivity contribution in [1.29, 1.82) is 0 Å². The van der Waals surface area contributed by atoms with E-state index in [-0.39, 0.29) is 12.4 Å². The third-order valence-electron chi connectivity index (χ3n) is 6.77. The van der Waals surface area contributed by atoms with Crippen LogP contribution in [0.4, 0.5) is 4.39 Å². The van der Waals surface area contributed by atoms with Crippen LogP contribution in [0.2, 0.25) is 0 Å². The number of H-pyrrole nitrogens is 1. The Bertz CT molecular complexity index is 1530. The quantitative estimate of drug-likeness (QED) is 0.276. The van der Waals surface area contributed by atoms with Gasteiger partial charge in [-0.05, 0) is 23.8 Å². The van der Waals surface area contributed by atoms with E-state index in [1.807, 2.05) is 47.4 Å². The van der Waals surface area contributed by atoms with E-state index < -0.39 is 12.0 Å². The Morgan fingerprint density at radius 1 is 1.13 bits per heavy atom. The van der Waals surface area contributed by atoms with Crippen LogP contribution in [-0.2, 0) is 4.74 Å². The smallest absolute Gasteiger partial charge is 0.188 e. The number of nitrogens with zero attached hydrogens (tertiary/aromatic N) is 4. The van der Waals surface area contributed by atoms with Crippen LogP contribution in [0.1, 0.15) is 23.4 Å². The molecular weight excluding hydrogens is 489 g/mol. The predicted molar refractivity (Wildman–Crippen MR) is 138 cm³/mol. The summed E-state index contributed by atoms with van der Waals surface area (Å²) in [5.41, 5.74) is 4.35. The molecule has 5 aromatic rings. The predicted octanol–water partition coefficient (Wildman–Crippen LogP) is 4.53. The zero-order valence-corrected chi connectivity index (χ0v) is 20.7. The molecule has 1 aliphatic rings. The van der Waals surface area contributed by atoms with E-state index in [4.69, 9.17) is 14.0 Å². The Morgan fingerprint density at radius 3 is 2.74 bits per heavy atom. The van der Waals surface area contributed by atoms with Gasteiger partial charge in [-0.1, -0.05) is 35.5 Å². The molecule has 3 aromatic heterocycles. The van der Waals surface area contributed by atoms with Crippen molar-refractivity contribution < 1.29 is 23.5 Å². The van der Waals surface area contributed by atoms with Crippen LogP contribution >= 0.6 is 0 Å². The van der Waals surface area contributed by atoms with Gasteiger partial charge >= 0.3 is 0 Å². The molecule has 10 heteroatoms. The molecule has 1 aliphatic heterocycles.